The Labute approximate surface area is 101 Å². The average molecular weight is 224 g/mol. The number of hydrogen-bond donors (Lipinski definition) is 1. The van der Waals surface area contributed by atoms with Crippen molar-refractivity contribution >= 4 is 0 Å². The largest absolute Gasteiger partial charge is 0.313 e. The van der Waals surface area contributed by atoms with Gasteiger partial charge in [0.15, 0.2) is 0 Å². The molecule has 0 aromatic carbocycles. The quantitative estimate of drug-likeness (QED) is 0.746. The second-order valence-corrected chi connectivity index (χ2v) is 5.76. The molecule has 0 bridgehead atoms. The minimum Gasteiger partial charge on any atom is -0.313 e. The summed E-state index contributed by atoms with van der Waals surface area (Å²) in [5, 5.41) is 3.67. The molecule has 16 heavy (non-hydrogen) atoms. The molecule has 2 aliphatic rings. The van der Waals surface area contributed by atoms with E-state index in [1.54, 1.807) is 0 Å². The van der Waals surface area contributed by atoms with E-state index in [0.717, 1.165) is 18.0 Å². The van der Waals surface area contributed by atoms with Crippen molar-refractivity contribution in [3.8, 4) is 0 Å². The second-order valence-electron chi connectivity index (χ2n) is 5.76. The summed E-state index contributed by atoms with van der Waals surface area (Å²) in [6.45, 7) is 8.45. The first-order valence-corrected chi connectivity index (χ1v) is 7.27. The Hall–Kier alpha value is -0.0800. The van der Waals surface area contributed by atoms with Crippen molar-refractivity contribution in [3.63, 3.8) is 0 Å². The van der Waals surface area contributed by atoms with E-state index >= 15 is 0 Å². The van der Waals surface area contributed by atoms with Gasteiger partial charge < -0.3 is 5.32 Å². The van der Waals surface area contributed by atoms with Gasteiger partial charge in [-0.05, 0) is 45.2 Å². The Morgan fingerprint density at radius 2 is 2.06 bits per heavy atom. The smallest absolute Gasteiger partial charge is 0.0195 e. The highest BCUT2D eigenvalue weighted by atomic mass is 15.2. The zero-order valence-corrected chi connectivity index (χ0v) is 11.0. The van der Waals surface area contributed by atoms with E-state index < -0.39 is 0 Å². The highest BCUT2D eigenvalue weighted by Gasteiger charge is 2.27. The van der Waals surface area contributed by atoms with Gasteiger partial charge in [0.1, 0.15) is 0 Å². The van der Waals surface area contributed by atoms with Crippen LogP contribution in [0.25, 0.3) is 0 Å². The van der Waals surface area contributed by atoms with Gasteiger partial charge in [0, 0.05) is 18.6 Å². The molecule has 2 heteroatoms. The first-order valence-electron chi connectivity index (χ1n) is 7.27. The molecule has 0 aromatic heterocycles. The number of nitrogens with zero attached hydrogens (tertiary/aromatic N) is 1. The molecule has 1 aliphatic heterocycles. The summed E-state index contributed by atoms with van der Waals surface area (Å²) in [4.78, 5) is 2.68. The number of hydrogen-bond acceptors (Lipinski definition) is 2. The number of piperidine rings is 1. The van der Waals surface area contributed by atoms with Crippen LogP contribution in [0.2, 0.25) is 0 Å². The fourth-order valence-electron chi connectivity index (χ4n) is 2.97. The molecule has 0 radical (unpaired) electrons. The molecule has 0 amide bonds. The summed E-state index contributed by atoms with van der Waals surface area (Å²) >= 11 is 0. The van der Waals surface area contributed by atoms with Gasteiger partial charge in [-0.15, -0.1) is 0 Å². The summed E-state index contributed by atoms with van der Waals surface area (Å²) in [6, 6.07) is 1.55. The van der Waals surface area contributed by atoms with E-state index in [2.05, 4.69) is 24.1 Å². The third-order valence-electron chi connectivity index (χ3n) is 4.27. The predicted molar refractivity (Wildman–Crippen MR) is 69.7 cm³/mol. The van der Waals surface area contributed by atoms with Crippen LogP contribution < -0.4 is 5.32 Å². The van der Waals surface area contributed by atoms with Gasteiger partial charge in [0.05, 0.1) is 0 Å². The van der Waals surface area contributed by atoms with E-state index in [4.69, 9.17) is 0 Å². The summed E-state index contributed by atoms with van der Waals surface area (Å²) < 4.78 is 0. The average Bonchev–Trinajstić information content (AvgIpc) is 3.11. The molecular weight excluding hydrogens is 196 g/mol. The Balaban J connectivity index is 1.73. The van der Waals surface area contributed by atoms with Crippen molar-refractivity contribution < 1.29 is 0 Å². The monoisotopic (exact) mass is 224 g/mol. The molecule has 1 N–H and O–H groups in total. The lowest BCUT2D eigenvalue weighted by atomic mass is 10.0. The molecule has 0 aromatic rings. The van der Waals surface area contributed by atoms with Crippen LogP contribution in [-0.2, 0) is 0 Å². The van der Waals surface area contributed by atoms with Crippen LogP contribution in [0.15, 0.2) is 0 Å². The van der Waals surface area contributed by atoms with Crippen LogP contribution in [0.4, 0.5) is 0 Å². The maximum absolute atomic E-state index is 3.67. The molecule has 0 spiro atoms. The standard InChI is InChI=1S/C14H28N2/c1-3-16(12(2)10-13-7-8-13)11-14-6-4-5-9-15-14/h12-15H,3-11H2,1-2H3. The van der Waals surface area contributed by atoms with Crippen molar-refractivity contribution in [2.24, 2.45) is 5.92 Å². The van der Waals surface area contributed by atoms with Crippen LogP contribution in [0.5, 0.6) is 0 Å². The molecule has 1 heterocycles. The lowest BCUT2D eigenvalue weighted by molar-refractivity contribution is 0.172. The van der Waals surface area contributed by atoms with Crippen molar-refractivity contribution in [2.45, 2.75) is 64.5 Å². The fourth-order valence-corrected chi connectivity index (χ4v) is 2.97. The van der Waals surface area contributed by atoms with Gasteiger partial charge >= 0.3 is 0 Å². The minimum absolute atomic E-state index is 0.760. The second kappa shape index (κ2) is 6.02. The first-order chi connectivity index (χ1) is 7.79. The van der Waals surface area contributed by atoms with Crippen molar-refractivity contribution in [1.29, 1.82) is 0 Å². The molecule has 2 nitrogen and oxygen atoms in total. The van der Waals surface area contributed by atoms with Crippen molar-refractivity contribution in [2.75, 3.05) is 19.6 Å². The predicted octanol–water partition coefficient (Wildman–Crippen LogP) is 2.64. The summed E-state index contributed by atoms with van der Waals surface area (Å²) in [7, 11) is 0. The van der Waals surface area contributed by atoms with E-state index in [1.807, 2.05) is 0 Å². The zero-order valence-electron chi connectivity index (χ0n) is 11.0. The molecule has 2 fully saturated rings. The SMILES string of the molecule is CCN(CC1CCCCN1)C(C)CC1CC1. The molecule has 1 saturated heterocycles. The summed E-state index contributed by atoms with van der Waals surface area (Å²) in [6.07, 6.45) is 8.59. The maximum Gasteiger partial charge on any atom is 0.0195 e. The highest BCUT2D eigenvalue weighted by Crippen LogP contribution is 2.34. The third kappa shape index (κ3) is 3.74. The number of nitrogens with one attached hydrogen (secondary N) is 1. The Morgan fingerprint density at radius 3 is 2.62 bits per heavy atom. The molecule has 1 aliphatic carbocycles. The van der Waals surface area contributed by atoms with Gasteiger partial charge in [0.25, 0.3) is 0 Å². The number of likely N-dealkylation sites (N-methyl/N-ethyl adjacent to an activating group) is 1. The van der Waals surface area contributed by atoms with Gasteiger partial charge in [-0.1, -0.05) is 26.2 Å². The van der Waals surface area contributed by atoms with Gasteiger partial charge in [0.2, 0.25) is 0 Å². The summed E-state index contributed by atoms with van der Waals surface area (Å²) in [5.74, 6) is 1.06. The maximum atomic E-state index is 3.67. The van der Waals surface area contributed by atoms with Gasteiger partial charge in [-0.25, -0.2) is 0 Å². The molecule has 2 rings (SSSR count). The Bertz CT molecular complexity index is 195. The van der Waals surface area contributed by atoms with E-state index in [1.165, 1.54) is 58.2 Å². The Morgan fingerprint density at radius 1 is 1.25 bits per heavy atom. The molecule has 1 saturated carbocycles. The Kier molecular flexibility index (Phi) is 4.66. The van der Waals surface area contributed by atoms with Crippen LogP contribution >= 0.6 is 0 Å². The normalized spacial score (nSPS) is 28.3. The van der Waals surface area contributed by atoms with Crippen molar-refractivity contribution in [3.05, 3.63) is 0 Å². The van der Waals surface area contributed by atoms with Gasteiger partial charge in [-0.3, -0.25) is 4.90 Å². The van der Waals surface area contributed by atoms with Crippen LogP contribution in [-0.4, -0.2) is 36.6 Å². The zero-order chi connectivity index (χ0) is 11.4. The lowest BCUT2D eigenvalue weighted by Crippen LogP contribution is -2.46. The number of rotatable bonds is 6. The summed E-state index contributed by atoms with van der Waals surface area (Å²) in [5.41, 5.74) is 0. The molecule has 2 unspecified atom stereocenters. The first kappa shape index (κ1) is 12.4. The molecule has 2 atom stereocenters. The van der Waals surface area contributed by atoms with Crippen molar-refractivity contribution in [1.82, 2.24) is 10.2 Å². The van der Waals surface area contributed by atoms with E-state index in [0.29, 0.717) is 0 Å². The van der Waals surface area contributed by atoms with Crippen LogP contribution in [0.3, 0.4) is 0 Å². The fraction of sp³-hybridized carbons (Fsp3) is 1.00. The van der Waals surface area contributed by atoms with Gasteiger partial charge in [-0.2, -0.15) is 0 Å². The van der Waals surface area contributed by atoms with Crippen LogP contribution in [0, 0.1) is 5.92 Å². The highest BCUT2D eigenvalue weighted by molar-refractivity contribution is 4.82. The van der Waals surface area contributed by atoms with Crippen LogP contribution in [0.1, 0.15) is 52.4 Å². The molecule has 94 valence electrons. The lowest BCUT2D eigenvalue weighted by Gasteiger charge is -2.33. The molecular formula is C14H28N2. The topological polar surface area (TPSA) is 15.3 Å². The minimum atomic E-state index is 0.760. The van der Waals surface area contributed by atoms with E-state index in [-0.39, 0.29) is 0 Å². The third-order valence-corrected chi connectivity index (χ3v) is 4.27. The van der Waals surface area contributed by atoms with E-state index in [9.17, 15) is 0 Å².